The van der Waals surface area contributed by atoms with Crippen LogP contribution in [0.5, 0.6) is 5.75 Å². The molecule has 0 atom stereocenters. The van der Waals surface area contributed by atoms with Crippen LogP contribution in [-0.2, 0) is 0 Å². The topological polar surface area (TPSA) is 26.3 Å². The second kappa shape index (κ2) is 5.35. The Balaban J connectivity index is 2.06. The van der Waals surface area contributed by atoms with Crippen LogP contribution >= 0.6 is 0 Å². The van der Waals surface area contributed by atoms with Crippen molar-refractivity contribution in [3.63, 3.8) is 0 Å². The third-order valence-corrected chi connectivity index (χ3v) is 3.14. The number of hydrogen-bond donors (Lipinski definition) is 0. The van der Waals surface area contributed by atoms with E-state index in [9.17, 15) is 4.79 Å². The zero-order chi connectivity index (χ0) is 12.3. The standard InChI is InChI=1S/C15H20O2/c1-11(2)7-8-17-15-6-3-12(10-16)9-14(15)13-4-5-13/h3,6,9-11,13H,4-5,7-8H2,1-2H3. The van der Waals surface area contributed by atoms with E-state index >= 15 is 0 Å². The molecule has 1 aromatic rings. The Morgan fingerprint density at radius 3 is 2.76 bits per heavy atom. The van der Waals surface area contributed by atoms with Crippen LogP contribution in [0.4, 0.5) is 0 Å². The monoisotopic (exact) mass is 232 g/mol. The fourth-order valence-electron chi connectivity index (χ4n) is 1.89. The number of carbonyl (C=O) groups excluding carboxylic acids is 1. The Morgan fingerprint density at radius 1 is 1.41 bits per heavy atom. The number of benzene rings is 1. The van der Waals surface area contributed by atoms with Crippen LogP contribution in [0.1, 0.15) is 54.9 Å². The van der Waals surface area contributed by atoms with E-state index in [0.717, 1.165) is 30.6 Å². The lowest BCUT2D eigenvalue weighted by Crippen LogP contribution is -2.03. The Labute approximate surface area is 103 Å². The highest BCUT2D eigenvalue weighted by atomic mass is 16.5. The van der Waals surface area contributed by atoms with E-state index in [1.54, 1.807) is 0 Å². The summed E-state index contributed by atoms with van der Waals surface area (Å²) in [5.74, 6) is 2.25. The van der Waals surface area contributed by atoms with Crippen LogP contribution in [0.15, 0.2) is 18.2 Å². The molecule has 0 spiro atoms. The molecule has 0 aromatic heterocycles. The molecule has 1 fully saturated rings. The third-order valence-electron chi connectivity index (χ3n) is 3.14. The average molecular weight is 232 g/mol. The van der Waals surface area contributed by atoms with Gasteiger partial charge in [0.25, 0.3) is 0 Å². The van der Waals surface area contributed by atoms with Gasteiger partial charge in [0, 0.05) is 5.56 Å². The van der Waals surface area contributed by atoms with Crippen molar-refractivity contribution in [2.75, 3.05) is 6.61 Å². The smallest absolute Gasteiger partial charge is 0.150 e. The highest BCUT2D eigenvalue weighted by Crippen LogP contribution is 2.44. The van der Waals surface area contributed by atoms with Crippen LogP contribution in [0.3, 0.4) is 0 Å². The van der Waals surface area contributed by atoms with Crippen molar-refractivity contribution in [2.24, 2.45) is 5.92 Å². The summed E-state index contributed by atoms with van der Waals surface area (Å²) in [6.07, 6.45) is 4.43. The first-order valence-corrected chi connectivity index (χ1v) is 6.42. The quantitative estimate of drug-likeness (QED) is 0.697. The molecule has 0 aliphatic heterocycles. The largest absolute Gasteiger partial charge is 0.493 e. The summed E-state index contributed by atoms with van der Waals surface area (Å²) < 4.78 is 5.83. The first-order chi connectivity index (χ1) is 8.20. The van der Waals surface area contributed by atoms with Crippen LogP contribution < -0.4 is 4.74 Å². The van der Waals surface area contributed by atoms with Crippen LogP contribution in [0.25, 0.3) is 0 Å². The first-order valence-electron chi connectivity index (χ1n) is 6.42. The Morgan fingerprint density at radius 2 is 2.18 bits per heavy atom. The molecule has 0 unspecified atom stereocenters. The van der Waals surface area contributed by atoms with Crippen LogP contribution in [0, 0.1) is 5.92 Å². The summed E-state index contributed by atoms with van der Waals surface area (Å²) in [7, 11) is 0. The molecule has 92 valence electrons. The predicted molar refractivity (Wildman–Crippen MR) is 68.8 cm³/mol. The van der Waals surface area contributed by atoms with Crippen molar-refractivity contribution in [1.82, 2.24) is 0 Å². The van der Waals surface area contributed by atoms with Crippen molar-refractivity contribution in [3.8, 4) is 5.75 Å². The van der Waals surface area contributed by atoms with Gasteiger partial charge in [-0.25, -0.2) is 0 Å². The molecule has 0 bridgehead atoms. The lowest BCUT2D eigenvalue weighted by Gasteiger charge is -2.12. The Kier molecular flexibility index (Phi) is 3.82. The molecule has 2 rings (SSSR count). The Hall–Kier alpha value is -1.31. The SMILES string of the molecule is CC(C)CCOc1ccc(C=O)cc1C1CC1. The minimum atomic E-state index is 0.615. The molecule has 2 nitrogen and oxygen atoms in total. The summed E-state index contributed by atoms with van der Waals surface area (Å²) in [6.45, 7) is 5.15. The maximum absolute atomic E-state index is 10.8. The molecule has 17 heavy (non-hydrogen) atoms. The molecule has 1 aliphatic rings. The highest BCUT2D eigenvalue weighted by Gasteiger charge is 2.27. The van der Waals surface area contributed by atoms with E-state index in [4.69, 9.17) is 4.74 Å². The van der Waals surface area contributed by atoms with E-state index < -0.39 is 0 Å². The maximum Gasteiger partial charge on any atom is 0.150 e. The van der Waals surface area contributed by atoms with E-state index in [1.807, 2.05) is 18.2 Å². The highest BCUT2D eigenvalue weighted by molar-refractivity contribution is 5.75. The number of rotatable bonds is 6. The molecule has 0 saturated heterocycles. The van der Waals surface area contributed by atoms with Crippen molar-refractivity contribution in [3.05, 3.63) is 29.3 Å². The normalized spacial score (nSPS) is 15.0. The second-order valence-corrected chi connectivity index (χ2v) is 5.22. The fraction of sp³-hybridized carbons (Fsp3) is 0.533. The van der Waals surface area contributed by atoms with Gasteiger partial charge in [-0.2, -0.15) is 0 Å². The van der Waals surface area contributed by atoms with Crippen molar-refractivity contribution in [2.45, 2.75) is 39.0 Å². The number of hydrogen-bond acceptors (Lipinski definition) is 2. The van der Waals surface area contributed by atoms with E-state index in [0.29, 0.717) is 11.8 Å². The molecule has 1 saturated carbocycles. The van der Waals surface area contributed by atoms with Gasteiger partial charge in [-0.3, -0.25) is 4.79 Å². The van der Waals surface area contributed by atoms with Crippen molar-refractivity contribution >= 4 is 6.29 Å². The molecule has 1 aromatic carbocycles. The lowest BCUT2D eigenvalue weighted by atomic mass is 10.1. The van der Waals surface area contributed by atoms with Gasteiger partial charge in [0.1, 0.15) is 12.0 Å². The third kappa shape index (κ3) is 3.32. The van der Waals surface area contributed by atoms with Gasteiger partial charge in [-0.1, -0.05) is 13.8 Å². The van der Waals surface area contributed by atoms with Crippen molar-refractivity contribution in [1.29, 1.82) is 0 Å². The zero-order valence-electron chi connectivity index (χ0n) is 10.6. The summed E-state index contributed by atoms with van der Waals surface area (Å²) in [4.78, 5) is 10.8. The van der Waals surface area contributed by atoms with Gasteiger partial charge in [-0.15, -0.1) is 0 Å². The molecule has 0 N–H and O–H groups in total. The summed E-state index contributed by atoms with van der Waals surface area (Å²) in [6, 6.07) is 5.76. The maximum atomic E-state index is 10.8. The predicted octanol–water partition coefficient (Wildman–Crippen LogP) is 3.80. The zero-order valence-corrected chi connectivity index (χ0v) is 10.6. The minimum absolute atomic E-state index is 0.615. The fourth-order valence-corrected chi connectivity index (χ4v) is 1.89. The van der Waals surface area contributed by atoms with Gasteiger partial charge < -0.3 is 4.74 Å². The first kappa shape index (κ1) is 12.2. The number of ether oxygens (including phenoxy) is 1. The van der Waals surface area contributed by atoms with Crippen molar-refractivity contribution < 1.29 is 9.53 Å². The molecular formula is C15H20O2. The van der Waals surface area contributed by atoms with E-state index in [-0.39, 0.29) is 0 Å². The van der Waals surface area contributed by atoms with E-state index in [2.05, 4.69) is 13.8 Å². The van der Waals surface area contributed by atoms with Gasteiger partial charge >= 0.3 is 0 Å². The van der Waals surface area contributed by atoms with Gasteiger partial charge in [0.05, 0.1) is 6.61 Å². The van der Waals surface area contributed by atoms with Gasteiger partial charge in [0.2, 0.25) is 0 Å². The Bertz CT molecular complexity index is 392. The molecule has 0 amide bonds. The minimum Gasteiger partial charge on any atom is -0.493 e. The summed E-state index contributed by atoms with van der Waals surface area (Å²) >= 11 is 0. The van der Waals surface area contributed by atoms with Gasteiger partial charge in [0.15, 0.2) is 0 Å². The van der Waals surface area contributed by atoms with E-state index in [1.165, 1.54) is 18.4 Å². The molecule has 2 heteroatoms. The number of aldehydes is 1. The average Bonchev–Trinajstić information content (AvgIpc) is 3.13. The van der Waals surface area contributed by atoms with Gasteiger partial charge in [-0.05, 0) is 54.9 Å². The molecule has 0 heterocycles. The summed E-state index contributed by atoms with van der Waals surface area (Å²) in [5, 5.41) is 0. The van der Waals surface area contributed by atoms with Crippen LogP contribution in [-0.4, -0.2) is 12.9 Å². The molecule has 1 aliphatic carbocycles. The molecule has 0 radical (unpaired) electrons. The number of carbonyl (C=O) groups is 1. The summed E-state index contributed by atoms with van der Waals surface area (Å²) in [5.41, 5.74) is 1.97. The lowest BCUT2D eigenvalue weighted by molar-refractivity contribution is 0.112. The molecular weight excluding hydrogens is 212 g/mol. The van der Waals surface area contributed by atoms with Crippen LogP contribution in [0.2, 0.25) is 0 Å². The second-order valence-electron chi connectivity index (χ2n) is 5.22.